The first-order chi connectivity index (χ1) is 9.59. The first-order valence-corrected chi connectivity index (χ1v) is 7.00. The van der Waals surface area contributed by atoms with Crippen molar-refractivity contribution in [2.45, 2.75) is 19.3 Å². The zero-order chi connectivity index (χ0) is 13.9. The highest BCUT2D eigenvalue weighted by Crippen LogP contribution is 2.58. The van der Waals surface area contributed by atoms with Crippen LogP contribution in [0.15, 0.2) is 18.5 Å². The molecule has 2 fully saturated rings. The van der Waals surface area contributed by atoms with Gasteiger partial charge in [0.25, 0.3) is 0 Å². The van der Waals surface area contributed by atoms with E-state index in [-0.39, 0.29) is 5.41 Å². The molecule has 1 saturated heterocycles. The molecule has 20 heavy (non-hydrogen) atoms. The summed E-state index contributed by atoms with van der Waals surface area (Å²) in [6.07, 6.45) is 2.86. The molecule has 2 aromatic heterocycles. The van der Waals surface area contributed by atoms with Gasteiger partial charge in [-0.3, -0.25) is 0 Å². The van der Waals surface area contributed by atoms with Gasteiger partial charge in [-0.15, -0.1) is 0 Å². The van der Waals surface area contributed by atoms with E-state index < -0.39 is 12.3 Å². The SMILES string of the molecule is FC(F)C1CN(c2cc(Cl)nn3ccnc23)CC12CC2. The smallest absolute Gasteiger partial charge is 0.243 e. The lowest BCUT2D eigenvalue weighted by Gasteiger charge is -2.19. The second-order valence-electron chi connectivity index (χ2n) is 5.73. The number of halogens is 3. The lowest BCUT2D eigenvalue weighted by molar-refractivity contribution is 0.0581. The topological polar surface area (TPSA) is 33.4 Å². The molecule has 1 spiro atoms. The van der Waals surface area contributed by atoms with Crippen LogP contribution in [-0.2, 0) is 0 Å². The zero-order valence-electron chi connectivity index (χ0n) is 10.6. The molecule has 1 saturated carbocycles. The van der Waals surface area contributed by atoms with Gasteiger partial charge in [-0.25, -0.2) is 18.3 Å². The van der Waals surface area contributed by atoms with Crippen molar-refractivity contribution in [3.05, 3.63) is 23.6 Å². The van der Waals surface area contributed by atoms with Crippen LogP contribution in [0.1, 0.15) is 12.8 Å². The highest BCUT2D eigenvalue weighted by molar-refractivity contribution is 6.29. The summed E-state index contributed by atoms with van der Waals surface area (Å²) in [6.45, 7) is 1.02. The molecule has 0 aromatic carbocycles. The van der Waals surface area contributed by atoms with Gasteiger partial charge in [-0.05, 0) is 18.3 Å². The van der Waals surface area contributed by atoms with Crippen molar-refractivity contribution in [1.29, 1.82) is 0 Å². The fourth-order valence-corrected chi connectivity index (χ4v) is 3.50. The standard InChI is InChI=1S/C13H13ClF2N4/c14-10-5-9(12-17-3-4-20(12)18-10)19-6-8(11(15)16)13(7-19)1-2-13/h3-5,8,11H,1-2,6-7H2. The molecule has 0 N–H and O–H groups in total. The van der Waals surface area contributed by atoms with Crippen LogP contribution in [0, 0.1) is 11.3 Å². The van der Waals surface area contributed by atoms with Gasteiger partial charge < -0.3 is 4.90 Å². The highest BCUT2D eigenvalue weighted by Gasteiger charge is 2.58. The molecule has 0 radical (unpaired) electrons. The Balaban J connectivity index is 1.75. The van der Waals surface area contributed by atoms with Gasteiger partial charge in [0, 0.05) is 37.5 Å². The van der Waals surface area contributed by atoms with Crippen LogP contribution in [0.25, 0.3) is 5.65 Å². The molecule has 2 aromatic rings. The van der Waals surface area contributed by atoms with Crippen LogP contribution in [0.4, 0.5) is 14.5 Å². The summed E-state index contributed by atoms with van der Waals surface area (Å²) in [5.41, 5.74) is 1.26. The Kier molecular flexibility index (Phi) is 2.49. The van der Waals surface area contributed by atoms with Gasteiger partial charge in [0.2, 0.25) is 6.43 Å². The summed E-state index contributed by atoms with van der Waals surface area (Å²) < 4.78 is 28.0. The van der Waals surface area contributed by atoms with Crippen molar-refractivity contribution in [3.63, 3.8) is 0 Å². The summed E-state index contributed by atoms with van der Waals surface area (Å²) >= 11 is 6.01. The Hall–Kier alpha value is -1.43. The van der Waals surface area contributed by atoms with E-state index in [1.165, 1.54) is 0 Å². The van der Waals surface area contributed by atoms with Crippen molar-refractivity contribution < 1.29 is 8.78 Å². The van der Waals surface area contributed by atoms with Gasteiger partial charge >= 0.3 is 0 Å². The van der Waals surface area contributed by atoms with Crippen LogP contribution >= 0.6 is 11.6 Å². The molecule has 2 aliphatic rings. The molecule has 1 aliphatic carbocycles. The molecule has 3 heterocycles. The van der Waals surface area contributed by atoms with Gasteiger partial charge in [0.05, 0.1) is 5.69 Å². The molecule has 1 unspecified atom stereocenters. The molecule has 106 valence electrons. The highest BCUT2D eigenvalue weighted by atomic mass is 35.5. The number of hydrogen-bond donors (Lipinski definition) is 0. The number of hydrogen-bond acceptors (Lipinski definition) is 3. The van der Waals surface area contributed by atoms with Gasteiger partial charge in [-0.2, -0.15) is 5.10 Å². The monoisotopic (exact) mass is 298 g/mol. The minimum absolute atomic E-state index is 0.201. The predicted molar refractivity (Wildman–Crippen MR) is 71.4 cm³/mol. The zero-order valence-corrected chi connectivity index (χ0v) is 11.4. The third-order valence-corrected chi connectivity index (χ3v) is 4.74. The first-order valence-electron chi connectivity index (χ1n) is 6.62. The van der Waals surface area contributed by atoms with E-state index >= 15 is 0 Å². The molecule has 1 aliphatic heterocycles. The summed E-state index contributed by atoms with van der Waals surface area (Å²) in [5, 5.41) is 4.46. The molecule has 7 heteroatoms. The fraction of sp³-hybridized carbons (Fsp3) is 0.538. The minimum Gasteiger partial charge on any atom is -0.367 e. The summed E-state index contributed by atoms with van der Waals surface area (Å²) in [7, 11) is 0. The van der Waals surface area contributed by atoms with Gasteiger partial charge in [-0.1, -0.05) is 11.6 Å². The number of rotatable bonds is 2. The molecule has 0 bridgehead atoms. The van der Waals surface area contributed by atoms with Crippen LogP contribution in [0.2, 0.25) is 5.15 Å². The van der Waals surface area contributed by atoms with E-state index in [9.17, 15) is 8.78 Å². The molecule has 4 rings (SSSR count). The Morgan fingerprint density at radius 3 is 2.85 bits per heavy atom. The summed E-state index contributed by atoms with van der Waals surface area (Å²) in [5.74, 6) is -0.551. The number of imidazole rings is 1. The van der Waals surface area contributed by atoms with Crippen LogP contribution in [-0.4, -0.2) is 34.1 Å². The van der Waals surface area contributed by atoms with Gasteiger partial charge in [0.15, 0.2) is 10.8 Å². The molecule has 0 amide bonds. The minimum atomic E-state index is -2.27. The van der Waals surface area contributed by atoms with Crippen LogP contribution in [0.3, 0.4) is 0 Å². The van der Waals surface area contributed by atoms with Gasteiger partial charge in [0.1, 0.15) is 0 Å². The summed E-state index contributed by atoms with van der Waals surface area (Å²) in [6, 6.07) is 1.72. The summed E-state index contributed by atoms with van der Waals surface area (Å²) in [4.78, 5) is 6.24. The van der Waals surface area contributed by atoms with Crippen molar-refractivity contribution in [1.82, 2.24) is 14.6 Å². The Morgan fingerprint density at radius 1 is 1.40 bits per heavy atom. The lowest BCUT2D eigenvalue weighted by atomic mass is 9.93. The quantitative estimate of drug-likeness (QED) is 0.855. The third kappa shape index (κ3) is 1.70. The number of anilines is 1. The first kappa shape index (κ1) is 12.3. The number of aromatic nitrogens is 3. The average molecular weight is 299 g/mol. The molecule has 4 nitrogen and oxygen atoms in total. The number of fused-ring (bicyclic) bond motifs is 1. The second-order valence-corrected chi connectivity index (χ2v) is 6.12. The number of nitrogens with zero attached hydrogens (tertiary/aromatic N) is 4. The molecular formula is C13H13ClF2N4. The largest absolute Gasteiger partial charge is 0.367 e. The van der Waals surface area contributed by atoms with Crippen LogP contribution < -0.4 is 4.90 Å². The third-order valence-electron chi connectivity index (χ3n) is 4.56. The van der Waals surface area contributed by atoms with E-state index in [2.05, 4.69) is 10.1 Å². The van der Waals surface area contributed by atoms with Crippen molar-refractivity contribution in [2.75, 3.05) is 18.0 Å². The maximum Gasteiger partial charge on any atom is 0.243 e. The van der Waals surface area contributed by atoms with E-state index in [1.807, 2.05) is 4.90 Å². The maximum absolute atomic E-state index is 13.2. The molecular weight excluding hydrogens is 286 g/mol. The van der Waals surface area contributed by atoms with Crippen molar-refractivity contribution in [3.8, 4) is 0 Å². The normalized spacial score (nSPS) is 24.2. The Morgan fingerprint density at radius 2 is 2.20 bits per heavy atom. The lowest BCUT2D eigenvalue weighted by Crippen LogP contribution is -2.23. The van der Waals surface area contributed by atoms with E-state index in [4.69, 9.17) is 11.6 Å². The molecule has 1 atom stereocenters. The van der Waals surface area contributed by atoms with Crippen LogP contribution in [0.5, 0.6) is 0 Å². The average Bonchev–Trinajstić information content (AvgIpc) is 2.85. The second kappa shape index (κ2) is 4.04. The fourth-order valence-electron chi connectivity index (χ4n) is 3.32. The van der Waals surface area contributed by atoms with Crippen molar-refractivity contribution >= 4 is 22.9 Å². The predicted octanol–water partition coefficient (Wildman–Crippen LogP) is 2.86. The Labute approximate surface area is 119 Å². The van der Waals surface area contributed by atoms with E-state index in [0.717, 1.165) is 18.5 Å². The van der Waals surface area contributed by atoms with Crippen molar-refractivity contribution in [2.24, 2.45) is 11.3 Å². The maximum atomic E-state index is 13.2. The number of alkyl halides is 2. The van der Waals surface area contributed by atoms with E-state index in [0.29, 0.717) is 23.9 Å². The Bertz CT molecular complexity index is 667. The van der Waals surface area contributed by atoms with E-state index in [1.54, 1.807) is 23.0 Å².